The standard InChI is InChI=1S/C30H22F6N6O2/c31-29(32,33)18-1-4-20(5-2-18)42-24(17-7-9-37-10-8-17)12-23(39-42)27(44)41-15-28(16-41)13-40(14-28)25-21-6-3-19(30(34,35)36)11-22(21)38-26(25)43/h1-12,25H,13-16H2,(H,38,43). The Balaban J connectivity index is 1.06. The number of benzene rings is 2. The van der Waals surface area contributed by atoms with E-state index in [1.165, 1.54) is 22.9 Å². The van der Waals surface area contributed by atoms with Crippen molar-refractivity contribution in [1.82, 2.24) is 24.6 Å². The molecule has 1 spiro atoms. The molecule has 5 heterocycles. The molecule has 1 N–H and O–H groups in total. The van der Waals surface area contributed by atoms with Gasteiger partial charge in [0.25, 0.3) is 5.91 Å². The Hall–Kier alpha value is -4.72. The number of aromatic nitrogens is 3. The Morgan fingerprint density at radius 1 is 0.841 bits per heavy atom. The molecular formula is C30H22F6N6O2. The van der Waals surface area contributed by atoms with Crippen molar-refractivity contribution in [1.29, 1.82) is 0 Å². The SMILES string of the molecule is O=C1Nc2cc(C(F)(F)F)ccc2C1N1CC2(CN(C(=O)c3cc(-c4ccncc4)n(-c4ccc(C(F)(F)F)cc4)n3)C2)C1. The fourth-order valence-corrected chi connectivity index (χ4v) is 6.25. The number of hydrogen-bond acceptors (Lipinski definition) is 5. The van der Waals surface area contributed by atoms with Gasteiger partial charge in [-0.05, 0) is 54.6 Å². The summed E-state index contributed by atoms with van der Waals surface area (Å²) >= 11 is 0. The molecule has 2 aromatic carbocycles. The normalized spacial score (nSPS) is 19.4. The Bertz CT molecular complexity index is 1770. The molecule has 226 valence electrons. The second-order valence-corrected chi connectivity index (χ2v) is 11.4. The number of fused-ring (bicyclic) bond motifs is 1. The van der Waals surface area contributed by atoms with Crippen LogP contribution in [0.15, 0.2) is 73.1 Å². The molecule has 44 heavy (non-hydrogen) atoms. The lowest BCUT2D eigenvalue weighted by Gasteiger charge is -2.61. The molecule has 2 saturated heterocycles. The van der Waals surface area contributed by atoms with E-state index in [0.29, 0.717) is 48.7 Å². The highest BCUT2D eigenvalue weighted by molar-refractivity contribution is 6.02. The van der Waals surface area contributed by atoms with Gasteiger partial charge in [0, 0.05) is 60.8 Å². The van der Waals surface area contributed by atoms with E-state index in [9.17, 15) is 35.9 Å². The van der Waals surface area contributed by atoms with Gasteiger partial charge in [0.15, 0.2) is 5.69 Å². The van der Waals surface area contributed by atoms with Crippen LogP contribution in [0.25, 0.3) is 16.9 Å². The van der Waals surface area contributed by atoms with E-state index in [0.717, 1.165) is 24.3 Å². The molecule has 3 aliphatic heterocycles. The summed E-state index contributed by atoms with van der Waals surface area (Å²) in [5, 5.41) is 7.01. The molecule has 0 bridgehead atoms. The van der Waals surface area contributed by atoms with Crippen molar-refractivity contribution in [2.45, 2.75) is 18.4 Å². The summed E-state index contributed by atoms with van der Waals surface area (Å²) in [5.41, 5.74) is 0.368. The monoisotopic (exact) mass is 612 g/mol. The number of rotatable bonds is 4. The van der Waals surface area contributed by atoms with Crippen molar-refractivity contribution in [3.8, 4) is 16.9 Å². The smallest absolute Gasteiger partial charge is 0.336 e. The van der Waals surface area contributed by atoms with Gasteiger partial charge in [0.1, 0.15) is 6.04 Å². The first-order valence-electron chi connectivity index (χ1n) is 13.5. The van der Waals surface area contributed by atoms with Gasteiger partial charge in [-0.25, -0.2) is 4.68 Å². The zero-order chi connectivity index (χ0) is 31.0. The van der Waals surface area contributed by atoms with Crippen LogP contribution in [-0.4, -0.2) is 62.6 Å². The summed E-state index contributed by atoms with van der Waals surface area (Å²) in [6, 6.07) is 12.0. The van der Waals surface area contributed by atoms with E-state index in [1.807, 2.05) is 4.90 Å². The molecule has 8 nitrogen and oxygen atoms in total. The van der Waals surface area contributed by atoms with Crippen molar-refractivity contribution in [3.63, 3.8) is 0 Å². The third-order valence-electron chi connectivity index (χ3n) is 8.31. The van der Waals surface area contributed by atoms with Gasteiger partial charge in [-0.2, -0.15) is 31.4 Å². The predicted molar refractivity (Wildman–Crippen MR) is 145 cm³/mol. The number of carbonyl (C=O) groups excluding carboxylic acids is 2. The van der Waals surface area contributed by atoms with Gasteiger partial charge in [-0.1, -0.05) is 6.07 Å². The molecule has 14 heteroatoms. The van der Waals surface area contributed by atoms with Crippen LogP contribution in [0.3, 0.4) is 0 Å². The average Bonchev–Trinajstić information content (AvgIpc) is 3.52. The molecule has 2 amide bonds. The van der Waals surface area contributed by atoms with Gasteiger partial charge in [-0.3, -0.25) is 19.5 Å². The Labute approximate surface area is 245 Å². The number of pyridine rings is 1. The third-order valence-corrected chi connectivity index (χ3v) is 8.31. The third kappa shape index (κ3) is 4.69. The van der Waals surface area contributed by atoms with Crippen molar-refractivity contribution < 1.29 is 35.9 Å². The summed E-state index contributed by atoms with van der Waals surface area (Å²) in [7, 11) is 0. The number of anilines is 1. The predicted octanol–water partition coefficient (Wildman–Crippen LogP) is 5.42. The minimum absolute atomic E-state index is 0.118. The molecule has 1 unspecified atom stereocenters. The average molecular weight is 613 g/mol. The number of likely N-dealkylation sites (tertiary alicyclic amines) is 2. The summed E-state index contributed by atoms with van der Waals surface area (Å²) in [5.74, 6) is -0.738. The fraction of sp³-hybridized carbons (Fsp3) is 0.267. The van der Waals surface area contributed by atoms with E-state index < -0.39 is 29.5 Å². The summed E-state index contributed by atoms with van der Waals surface area (Å²) < 4.78 is 80.1. The van der Waals surface area contributed by atoms with E-state index >= 15 is 0 Å². The molecule has 7 rings (SSSR count). The van der Waals surface area contributed by atoms with Crippen LogP contribution in [0, 0.1) is 5.41 Å². The van der Waals surface area contributed by atoms with Gasteiger partial charge >= 0.3 is 12.4 Å². The summed E-state index contributed by atoms with van der Waals surface area (Å²) in [6.45, 7) is 1.76. The number of alkyl halides is 6. The van der Waals surface area contributed by atoms with E-state index in [-0.39, 0.29) is 28.6 Å². The lowest BCUT2D eigenvalue weighted by atomic mass is 9.71. The topological polar surface area (TPSA) is 83.4 Å². The lowest BCUT2D eigenvalue weighted by molar-refractivity contribution is -0.139. The highest BCUT2D eigenvalue weighted by atomic mass is 19.4. The van der Waals surface area contributed by atoms with Gasteiger partial charge in [0.05, 0.1) is 22.5 Å². The van der Waals surface area contributed by atoms with Crippen molar-refractivity contribution in [2.24, 2.45) is 5.41 Å². The van der Waals surface area contributed by atoms with E-state index in [4.69, 9.17) is 0 Å². The van der Waals surface area contributed by atoms with E-state index in [1.54, 1.807) is 35.5 Å². The second-order valence-electron chi connectivity index (χ2n) is 11.4. The second kappa shape index (κ2) is 9.64. The number of halogens is 6. The van der Waals surface area contributed by atoms with Gasteiger partial charge < -0.3 is 10.2 Å². The Kier molecular flexibility index (Phi) is 6.15. The van der Waals surface area contributed by atoms with Crippen molar-refractivity contribution >= 4 is 17.5 Å². The first-order chi connectivity index (χ1) is 20.8. The molecule has 0 aliphatic carbocycles. The molecule has 3 aliphatic rings. The maximum atomic E-state index is 13.5. The Morgan fingerprint density at radius 3 is 2.11 bits per heavy atom. The number of nitrogens with zero attached hydrogens (tertiary/aromatic N) is 5. The molecule has 1 atom stereocenters. The summed E-state index contributed by atoms with van der Waals surface area (Å²) in [6.07, 6.45) is -5.90. The van der Waals surface area contributed by atoms with Gasteiger partial charge in [-0.15, -0.1) is 0 Å². The zero-order valence-corrected chi connectivity index (χ0v) is 22.7. The Morgan fingerprint density at radius 2 is 1.48 bits per heavy atom. The molecule has 2 aromatic heterocycles. The van der Waals surface area contributed by atoms with Crippen molar-refractivity contribution in [2.75, 3.05) is 31.5 Å². The number of amides is 2. The minimum atomic E-state index is -4.52. The van der Waals surface area contributed by atoms with Gasteiger partial charge in [0.2, 0.25) is 5.91 Å². The molecule has 0 saturated carbocycles. The van der Waals surface area contributed by atoms with Crippen LogP contribution in [0.1, 0.15) is 33.2 Å². The molecule has 4 aromatic rings. The molecule has 0 radical (unpaired) electrons. The lowest BCUT2D eigenvalue weighted by Crippen LogP contribution is -2.73. The quantitative estimate of drug-likeness (QED) is 0.311. The van der Waals surface area contributed by atoms with Crippen LogP contribution >= 0.6 is 0 Å². The number of nitrogens with one attached hydrogen (secondary N) is 1. The van der Waals surface area contributed by atoms with Crippen LogP contribution in [-0.2, 0) is 17.1 Å². The number of hydrogen-bond donors (Lipinski definition) is 1. The van der Waals surface area contributed by atoms with Crippen LogP contribution in [0.4, 0.5) is 32.0 Å². The van der Waals surface area contributed by atoms with Crippen LogP contribution < -0.4 is 5.32 Å². The molecule has 2 fully saturated rings. The molecular weight excluding hydrogens is 590 g/mol. The van der Waals surface area contributed by atoms with E-state index in [2.05, 4.69) is 15.4 Å². The largest absolute Gasteiger partial charge is 0.416 e. The number of carbonyl (C=O) groups is 2. The maximum Gasteiger partial charge on any atom is 0.416 e. The minimum Gasteiger partial charge on any atom is -0.336 e. The van der Waals surface area contributed by atoms with Crippen LogP contribution in [0.2, 0.25) is 0 Å². The van der Waals surface area contributed by atoms with Crippen LogP contribution in [0.5, 0.6) is 0 Å². The first-order valence-corrected chi connectivity index (χ1v) is 13.5. The highest BCUT2D eigenvalue weighted by Crippen LogP contribution is 2.47. The summed E-state index contributed by atoms with van der Waals surface area (Å²) in [4.78, 5) is 33.6. The zero-order valence-electron chi connectivity index (χ0n) is 22.7. The first kappa shape index (κ1) is 28.1. The van der Waals surface area contributed by atoms with Crippen molar-refractivity contribution in [3.05, 3.63) is 95.4 Å². The maximum absolute atomic E-state index is 13.5. The fourth-order valence-electron chi connectivity index (χ4n) is 6.25. The highest BCUT2D eigenvalue weighted by Gasteiger charge is 2.56.